The number of hydrogen-bond acceptors (Lipinski definition) is 9. The fourth-order valence-corrected chi connectivity index (χ4v) is 6.30. The highest BCUT2D eigenvalue weighted by molar-refractivity contribution is 14.1. The van der Waals surface area contributed by atoms with Crippen LogP contribution >= 0.6 is 34.4 Å². The van der Waals surface area contributed by atoms with Crippen LogP contribution in [0.15, 0.2) is 28.5 Å². The number of fused-ring (bicyclic) bond motifs is 2. The van der Waals surface area contributed by atoms with E-state index in [2.05, 4.69) is 42.3 Å². The van der Waals surface area contributed by atoms with Crippen molar-refractivity contribution >= 4 is 61.4 Å². The maximum Gasteiger partial charge on any atom is 0.231 e. The summed E-state index contributed by atoms with van der Waals surface area (Å²) < 4.78 is 41.0. The highest BCUT2D eigenvalue weighted by Gasteiger charge is 2.27. The van der Waals surface area contributed by atoms with E-state index in [4.69, 9.17) is 15.2 Å². The highest BCUT2D eigenvalue weighted by Crippen LogP contribution is 2.41. The summed E-state index contributed by atoms with van der Waals surface area (Å²) in [6.45, 7) is 0.634. The number of nitrogens with zero attached hydrogens (tertiary/aromatic N) is 4. The number of ether oxygens (including phenoxy) is 2. The number of nitrogens with one attached hydrogen (secondary N) is 1. The largest absolute Gasteiger partial charge is 0.454 e. The predicted molar refractivity (Wildman–Crippen MR) is 124 cm³/mol. The van der Waals surface area contributed by atoms with Crippen LogP contribution in [0.2, 0.25) is 0 Å². The normalized spacial score (nSPS) is 15.6. The zero-order valence-corrected chi connectivity index (χ0v) is 20.0. The summed E-state index contributed by atoms with van der Waals surface area (Å²) in [5, 5.41) is 0.659. The van der Waals surface area contributed by atoms with Crippen LogP contribution in [0.3, 0.4) is 0 Å². The van der Waals surface area contributed by atoms with E-state index >= 15 is 0 Å². The quantitative estimate of drug-likeness (QED) is 0.389. The Morgan fingerprint density at radius 3 is 2.81 bits per heavy atom. The highest BCUT2D eigenvalue weighted by atomic mass is 127. The van der Waals surface area contributed by atoms with Crippen molar-refractivity contribution in [3.05, 3.63) is 22.0 Å². The Morgan fingerprint density at radius 2 is 2.03 bits per heavy atom. The van der Waals surface area contributed by atoms with Crippen LogP contribution in [-0.4, -0.2) is 46.5 Å². The fourth-order valence-electron chi connectivity index (χ4n) is 3.22. The molecule has 1 aromatic carbocycles. The molecule has 0 unspecified atom stereocenters. The minimum Gasteiger partial charge on any atom is -0.454 e. The molecule has 0 bridgehead atoms. The molecule has 1 aliphatic heterocycles. The van der Waals surface area contributed by atoms with E-state index in [1.165, 1.54) is 18.1 Å². The molecule has 1 fully saturated rings. The second-order valence-electron chi connectivity index (χ2n) is 7.28. The summed E-state index contributed by atoms with van der Waals surface area (Å²) in [5.41, 5.74) is 7.10. The number of nitrogen functional groups attached to an aromatic ring is 1. The van der Waals surface area contributed by atoms with Gasteiger partial charge in [-0.05, 0) is 54.0 Å². The first-order valence-electron chi connectivity index (χ1n) is 9.63. The molecule has 13 heteroatoms. The van der Waals surface area contributed by atoms with Gasteiger partial charge in [0.2, 0.25) is 16.8 Å². The predicted octanol–water partition coefficient (Wildman–Crippen LogP) is 2.36. The molecule has 0 amide bonds. The Labute approximate surface area is 196 Å². The molecule has 31 heavy (non-hydrogen) atoms. The van der Waals surface area contributed by atoms with Crippen molar-refractivity contribution < 1.29 is 17.9 Å². The van der Waals surface area contributed by atoms with Gasteiger partial charge in [0.25, 0.3) is 0 Å². The van der Waals surface area contributed by atoms with Crippen LogP contribution in [0.4, 0.5) is 5.82 Å². The lowest BCUT2D eigenvalue weighted by atomic mass is 10.3. The monoisotopic (exact) mass is 574 g/mol. The number of anilines is 1. The molecule has 3 heterocycles. The lowest BCUT2D eigenvalue weighted by molar-refractivity contribution is 0.174. The minimum absolute atomic E-state index is 0.0371. The third kappa shape index (κ3) is 4.54. The van der Waals surface area contributed by atoms with E-state index < -0.39 is 10.0 Å². The zero-order valence-electron chi connectivity index (χ0n) is 16.2. The fraction of sp³-hybridized carbons (Fsp3) is 0.389. The first-order valence-corrected chi connectivity index (χ1v) is 13.2. The topological polar surface area (TPSA) is 134 Å². The molecule has 0 radical (unpaired) electrons. The number of nitrogens with two attached hydrogens (primary N) is 1. The molecule has 3 aromatic rings. The third-order valence-electron chi connectivity index (χ3n) is 4.87. The second-order valence-corrected chi connectivity index (χ2v) is 11.3. The summed E-state index contributed by atoms with van der Waals surface area (Å²) >= 11 is 3.68. The second kappa shape index (κ2) is 8.26. The number of sulfonamides is 1. The van der Waals surface area contributed by atoms with Crippen LogP contribution in [0.1, 0.15) is 19.3 Å². The summed E-state index contributed by atoms with van der Waals surface area (Å²) in [6.07, 6.45) is 3.64. The van der Waals surface area contributed by atoms with E-state index in [0.29, 0.717) is 40.8 Å². The summed E-state index contributed by atoms with van der Waals surface area (Å²) in [4.78, 5) is 14.0. The maximum absolute atomic E-state index is 12.2. The number of halogens is 1. The first kappa shape index (κ1) is 21.0. The van der Waals surface area contributed by atoms with Gasteiger partial charge in [0.05, 0.1) is 5.75 Å². The molecule has 2 aliphatic rings. The Balaban J connectivity index is 1.43. The van der Waals surface area contributed by atoms with Crippen molar-refractivity contribution in [3.8, 4) is 11.5 Å². The molecule has 1 saturated carbocycles. The van der Waals surface area contributed by atoms with Crippen molar-refractivity contribution in [2.75, 3.05) is 18.3 Å². The molecule has 0 saturated heterocycles. The van der Waals surface area contributed by atoms with Gasteiger partial charge in [0.1, 0.15) is 6.33 Å². The Hall–Kier alpha value is -1.84. The summed E-state index contributed by atoms with van der Waals surface area (Å²) in [5.74, 6) is 1.72. The molecular formula is C18H19IN6O4S2. The molecular weight excluding hydrogens is 555 g/mol. The number of rotatable bonds is 8. The molecule has 0 spiro atoms. The van der Waals surface area contributed by atoms with Crippen LogP contribution in [-0.2, 0) is 16.6 Å². The van der Waals surface area contributed by atoms with Crippen LogP contribution < -0.4 is 19.9 Å². The van der Waals surface area contributed by atoms with Gasteiger partial charge in [-0.2, -0.15) is 0 Å². The molecule has 1 aliphatic carbocycles. The third-order valence-corrected chi connectivity index (χ3v) is 8.70. The van der Waals surface area contributed by atoms with Crippen molar-refractivity contribution in [3.63, 3.8) is 0 Å². The van der Waals surface area contributed by atoms with Gasteiger partial charge in [-0.15, -0.1) is 0 Å². The number of imidazole rings is 1. The van der Waals surface area contributed by atoms with Gasteiger partial charge < -0.3 is 19.8 Å². The smallest absolute Gasteiger partial charge is 0.231 e. The van der Waals surface area contributed by atoms with Crippen molar-refractivity contribution in [1.82, 2.24) is 24.2 Å². The van der Waals surface area contributed by atoms with Crippen LogP contribution in [0.25, 0.3) is 11.2 Å². The number of aryl methyl sites for hydroxylation is 1. The Kier molecular flexibility index (Phi) is 5.60. The molecule has 10 nitrogen and oxygen atoms in total. The van der Waals surface area contributed by atoms with Gasteiger partial charge >= 0.3 is 0 Å². The lowest BCUT2D eigenvalue weighted by Crippen LogP contribution is -2.28. The van der Waals surface area contributed by atoms with Crippen LogP contribution in [0.5, 0.6) is 11.5 Å². The zero-order chi connectivity index (χ0) is 21.6. The van der Waals surface area contributed by atoms with Gasteiger partial charge in [-0.3, -0.25) is 0 Å². The molecule has 3 N–H and O–H groups in total. The van der Waals surface area contributed by atoms with E-state index in [1.807, 2.05) is 16.7 Å². The van der Waals surface area contributed by atoms with E-state index in [-0.39, 0.29) is 24.4 Å². The van der Waals surface area contributed by atoms with Crippen molar-refractivity contribution in [1.29, 1.82) is 0 Å². The molecule has 5 rings (SSSR count). The molecule has 0 atom stereocenters. The van der Waals surface area contributed by atoms with Gasteiger partial charge in [0.15, 0.2) is 33.6 Å². The van der Waals surface area contributed by atoms with Crippen molar-refractivity contribution in [2.45, 2.75) is 41.9 Å². The number of aromatic nitrogens is 4. The van der Waals surface area contributed by atoms with Crippen LogP contribution in [0, 0.1) is 3.57 Å². The average molecular weight is 574 g/mol. The lowest BCUT2D eigenvalue weighted by Gasteiger charge is -2.10. The van der Waals surface area contributed by atoms with E-state index in [0.717, 1.165) is 21.3 Å². The van der Waals surface area contributed by atoms with Gasteiger partial charge in [0, 0.05) is 21.1 Å². The average Bonchev–Trinajstić information content (AvgIpc) is 3.27. The number of hydrogen-bond donors (Lipinski definition) is 2. The maximum atomic E-state index is 12.2. The molecule has 2 aromatic heterocycles. The summed E-state index contributed by atoms with van der Waals surface area (Å²) in [6, 6.07) is 3.94. The standard InChI is InChI=1S/C18H19IN6O4S2/c19-11-6-12-13(29-9-28-12)7-14(11)30-18-23-15-16(20)21-8-22-17(15)25(18)4-1-5-31(26,27)24-10-2-3-10/h6-8,10,24H,1-5,9H2,(H2,20,21,22). The first-order chi connectivity index (χ1) is 14.9. The van der Waals surface area contributed by atoms with Gasteiger partial charge in [-0.1, -0.05) is 11.8 Å². The Bertz CT molecular complexity index is 1260. The van der Waals surface area contributed by atoms with Gasteiger partial charge in [-0.25, -0.2) is 28.1 Å². The Morgan fingerprint density at radius 1 is 1.26 bits per heavy atom. The van der Waals surface area contributed by atoms with E-state index in [9.17, 15) is 8.42 Å². The SMILES string of the molecule is Nc1ncnc2c1nc(Sc1cc3c(cc1I)OCO3)n2CCCS(=O)(=O)NC1CC1. The molecule has 164 valence electrons. The number of benzene rings is 1. The summed E-state index contributed by atoms with van der Waals surface area (Å²) in [7, 11) is -3.30. The van der Waals surface area contributed by atoms with E-state index in [1.54, 1.807) is 0 Å². The minimum atomic E-state index is -3.30. The van der Waals surface area contributed by atoms with Crippen molar-refractivity contribution in [2.24, 2.45) is 0 Å².